The predicted molar refractivity (Wildman–Crippen MR) is 95.0 cm³/mol. The van der Waals surface area contributed by atoms with Crippen LogP contribution in [0.15, 0.2) is 12.1 Å². The minimum absolute atomic E-state index is 0.00157. The summed E-state index contributed by atoms with van der Waals surface area (Å²) in [5.74, 6) is -0.968. The quantitative estimate of drug-likeness (QED) is 0.451. The Morgan fingerprint density at radius 3 is 2.40 bits per heavy atom. The fraction of sp³-hybridized carbons (Fsp3) is 0.500. The van der Waals surface area contributed by atoms with Crippen molar-refractivity contribution in [3.63, 3.8) is 0 Å². The highest BCUT2D eigenvalue weighted by Crippen LogP contribution is 2.34. The van der Waals surface area contributed by atoms with Crippen molar-refractivity contribution in [1.82, 2.24) is 5.32 Å². The number of nitrogens with zero attached hydrogens (tertiary/aromatic N) is 1. The highest BCUT2D eigenvalue weighted by atomic mass is 35.5. The normalized spacial score (nSPS) is 12.2. The van der Waals surface area contributed by atoms with Crippen LogP contribution in [0.25, 0.3) is 0 Å². The highest BCUT2D eigenvalue weighted by molar-refractivity contribution is 6.34. The highest BCUT2D eigenvalue weighted by Gasteiger charge is 2.30. The SMILES string of the molecule is CNC(=O)c1cc([N+](=O)[O-])c(N[C@H](CC(=O)OC)C(C)(C)C)cc1Cl. The smallest absolute Gasteiger partial charge is 0.307 e. The zero-order valence-corrected chi connectivity index (χ0v) is 15.6. The van der Waals surface area contributed by atoms with Gasteiger partial charge in [-0.3, -0.25) is 19.7 Å². The molecule has 0 aliphatic carbocycles. The molecule has 0 aliphatic heterocycles. The lowest BCUT2D eigenvalue weighted by Gasteiger charge is -2.31. The number of nitro benzene ring substituents is 1. The maximum Gasteiger partial charge on any atom is 0.307 e. The van der Waals surface area contributed by atoms with Crippen LogP contribution in [0.4, 0.5) is 11.4 Å². The lowest BCUT2D eigenvalue weighted by Crippen LogP contribution is -2.36. The third-order valence-electron chi connectivity index (χ3n) is 3.73. The molecule has 0 spiro atoms. The molecule has 1 aromatic carbocycles. The molecule has 1 aromatic rings. The summed E-state index contributed by atoms with van der Waals surface area (Å²) in [7, 11) is 2.68. The number of carbonyl (C=O) groups excluding carboxylic acids is 2. The van der Waals surface area contributed by atoms with Gasteiger partial charge in [-0.2, -0.15) is 0 Å². The molecule has 25 heavy (non-hydrogen) atoms. The van der Waals surface area contributed by atoms with Crippen LogP contribution in [0.3, 0.4) is 0 Å². The zero-order chi connectivity index (χ0) is 19.4. The fourth-order valence-electron chi connectivity index (χ4n) is 2.15. The summed E-state index contributed by atoms with van der Waals surface area (Å²) in [6.07, 6.45) is 0.0198. The van der Waals surface area contributed by atoms with Crippen molar-refractivity contribution in [2.45, 2.75) is 33.2 Å². The van der Waals surface area contributed by atoms with Gasteiger partial charge in [-0.1, -0.05) is 32.4 Å². The van der Waals surface area contributed by atoms with Gasteiger partial charge in [-0.05, 0) is 11.5 Å². The average molecular weight is 372 g/mol. The Kier molecular flexibility index (Phi) is 6.75. The van der Waals surface area contributed by atoms with Gasteiger partial charge < -0.3 is 15.4 Å². The van der Waals surface area contributed by atoms with Gasteiger partial charge in [0.1, 0.15) is 5.69 Å². The molecule has 8 nitrogen and oxygen atoms in total. The van der Waals surface area contributed by atoms with Crippen molar-refractivity contribution in [1.29, 1.82) is 0 Å². The molecule has 0 heterocycles. The zero-order valence-electron chi connectivity index (χ0n) is 14.8. The van der Waals surface area contributed by atoms with E-state index in [0.717, 1.165) is 6.07 Å². The van der Waals surface area contributed by atoms with Crippen LogP contribution in [0.2, 0.25) is 5.02 Å². The van der Waals surface area contributed by atoms with Gasteiger partial charge in [-0.15, -0.1) is 0 Å². The molecule has 0 aromatic heterocycles. The Morgan fingerprint density at radius 2 is 1.96 bits per heavy atom. The van der Waals surface area contributed by atoms with Gasteiger partial charge in [0.15, 0.2) is 0 Å². The minimum atomic E-state index is -0.608. The molecular formula is C16H22ClN3O5. The van der Waals surface area contributed by atoms with Crippen molar-refractivity contribution >= 4 is 34.9 Å². The number of carbonyl (C=O) groups is 2. The Hall–Kier alpha value is -2.35. The number of benzene rings is 1. The van der Waals surface area contributed by atoms with Crippen molar-refractivity contribution in [3.8, 4) is 0 Å². The first kappa shape index (κ1) is 20.7. The number of rotatable bonds is 6. The van der Waals surface area contributed by atoms with Gasteiger partial charge >= 0.3 is 5.97 Å². The number of amides is 1. The molecule has 9 heteroatoms. The van der Waals surface area contributed by atoms with Gasteiger partial charge in [0.25, 0.3) is 11.6 Å². The van der Waals surface area contributed by atoms with E-state index in [1.807, 2.05) is 20.8 Å². The number of hydrogen-bond donors (Lipinski definition) is 2. The van der Waals surface area contributed by atoms with Crippen molar-refractivity contribution in [2.24, 2.45) is 5.41 Å². The molecular weight excluding hydrogens is 350 g/mol. The summed E-state index contributed by atoms with van der Waals surface area (Å²) >= 11 is 6.10. The average Bonchev–Trinajstić information content (AvgIpc) is 2.52. The van der Waals surface area contributed by atoms with E-state index in [9.17, 15) is 19.7 Å². The van der Waals surface area contributed by atoms with E-state index in [1.54, 1.807) is 0 Å². The number of methoxy groups -OCH3 is 1. The molecule has 1 rings (SSSR count). The summed E-state index contributed by atoms with van der Waals surface area (Å²) in [6.45, 7) is 5.67. The lowest BCUT2D eigenvalue weighted by atomic mass is 9.84. The largest absolute Gasteiger partial charge is 0.469 e. The number of hydrogen-bond acceptors (Lipinski definition) is 6. The molecule has 1 amide bonds. The first-order valence-electron chi connectivity index (χ1n) is 7.54. The summed E-state index contributed by atoms with van der Waals surface area (Å²) in [4.78, 5) is 34.2. The van der Waals surface area contributed by atoms with E-state index < -0.39 is 28.3 Å². The standard InChI is InChI=1S/C16H22ClN3O5/c1-16(2,3)13(8-14(21)25-5)19-11-7-10(17)9(15(22)18-4)6-12(11)20(23)24/h6-7,13,19H,8H2,1-5H3,(H,18,22)/t13-/m1/s1. The predicted octanol–water partition coefficient (Wildman–Crippen LogP) is 3.00. The molecule has 2 N–H and O–H groups in total. The van der Waals surface area contributed by atoms with Gasteiger partial charge in [0.2, 0.25) is 0 Å². The van der Waals surface area contributed by atoms with Crippen LogP contribution in [-0.4, -0.2) is 37.0 Å². The molecule has 0 aliphatic rings. The third kappa shape index (κ3) is 5.32. The number of esters is 1. The van der Waals surface area contributed by atoms with Crippen molar-refractivity contribution in [3.05, 3.63) is 32.8 Å². The number of halogens is 1. The van der Waals surface area contributed by atoms with E-state index in [2.05, 4.69) is 15.4 Å². The van der Waals surface area contributed by atoms with Crippen LogP contribution >= 0.6 is 11.6 Å². The second kappa shape index (κ2) is 8.15. The monoisotopic (exact) mass is 371 g/mol. The molecule has 0 fully saturated rings. The maximum absolute atomic E-state index is 11.8. The van der Waals surface area contributed by atoms with E-state index in [-0.39, 0.29) is 28.4 Å². The summed E-state index contributed by atoms with van der Waals surface area (Å²) in [5, 5.41) is 16.9. The minimum Gasteiger partial charge on any atom is -0.469 e. The number of nitrogens with one attached hydrogen (secondary N) is 2. The lowest BCUT2D eigenvalue weighted by molar-refractivity contribution is -0.384. The second-order valence-corrected chi connectivity index (χ2v) is 6.94. The van der Waals surface area contributed by atoms with E-state index in [4.69, 9.17) is 11.6 Å². The molecule has 0 bridgehead atoms. The summed E-state index contributed by atoms with van der Waals surface area (Å²) in [6, 6.07) is 1.99. The Morgan fingerprint density at radius 1 is 1.36 bits per heavy atom. The van der Waals surface area contributed by atoms with Crippen molar-refractivity contribution < 1.29 is 19.2 Å². The molecule has 0 saturated carbocycles. The van der Waals surface area contributed by atoms with E-state index in [1.165, 1.54) is 20.2 Å². The van der Waals surface area contributed by atoms with Gasteiger partial charge in [0, 0.05) is 19.2 Å². The van der Waals surface area contributed by atoms with E-state index in [0.29, 0.717) is 0 Å². The topological polar surface area (TPSA) is 111 Å². The summed E-state index contributed by atoms with van der Waals surface area (Å²) in [5.41, 5.74) is -0.566. The van der Waals surface area contributed by atoms with Gasteiger partial charge in [-0.25, -0.2) is 0 Å². The molecule has 0 unspecified atom stereocenters. The Bertz CT molecular complexity index is 685. The first-order valence-corrected chi connectivity index (χ1v) is 7.92. The number of ether oxygens (including phenoxy) is 1. The fourth-order valence-corrected chi connectivity index (χ4v) is 2.40. The number of anilines is 1. The Balaban J connectivity index is 3.34. The summed E-state index contributed by atoms with van der Waals surface area (Å²) < 4.78 is 4.69. The molecule has 138 valence electrons. The van der Waals surface area contributed by atoms with Gasteiger partial charge in [0.05, 0.1) is 29.0 Å². The Labute approximate surface area is 151 Å². The number of nitro groups is 1. The molecule has 1 atom stereocenters. The van der Waals surface area contributed by atoms with Crippen molar-refractivity contribution in [2.75, 3.05) is 19.5 Å². The molecule has 0 radical (unpaired) electrons. The third-order valence-corrected chi connectivity index (χ3v) is 4.04. The second-order valence-electron chi connectivity index (χ2n) is 6.53. The van der Waals surface area contributed by atoms with Crippen LogP contribution < -0.4 is 10.6 Å². The van der Waals surface area contributed by atoms with Crippen LogP contribution in [0, 0.1) is 15.5 Å². The first-order chi connectivity index (χ1) is 11.5. The molecule has 0 saturated heterocycles. The van der Waals surface area contributed by atoms with Crippen LogP contribution in [0.1, 0.15) is 37.6 Å². The van der Waals surface area contributed by atoms with Crippen LogP contribution in [-0.2, 0) is 9.53 Å². The van der Waals surface area contributed by atoms with E-state index >= 15 is 0 Å². The van der Waals surface area contributed by atoms with Crippen LogP contribution in [0.5, 0.6) is 0 Å². The maximum atomic E-state index is 11.8.